The van der Waals surface area contributed by atoms with Crippen LogP contribution in [0.15, 0.2) is 41.7 Å². The number of methoxy groups -OCH3 is 3. The van der Waals surface area contributed by atoms with E-state index in [9.17, 15) is 13.0 Å². The lowest BCUT2D eigenvalue weighted by Gasteiger charge is -2.11. The highest BCUT2D eigenvalue weighted by atomic mass is 32.2. The second kappa shape index (κ2) is 12.9. The van der Waals surface area contributed by atoms with Gasteiger partial charge in [-0.15, -0.1) is 0 Å². The summed E-state index contributed by atoms with van der Waals surface area (Å²) >= 11 is 0. The van der Waals surface area contributed by atoms with E-state index in [0.29, 0.717) is 22.3 Å². The number of aryl methyl sites for hydroxylation is 1. The summed E-state index contributed by atoms with van der Waals surface area (Å²) in [6.07, 6.45) is 1.61. The molecule has 3 rings (SSSR count). The van der Waals surface area contributed by atoms with Gasteiger partial charge < -0.3 is 18.8 Å². The van der Waals surface area contributed by atoms with Gasteiger partial charge in [-0.25, -0.2) is 4.98 Å². The van der Waals surface area contributed by atoms with Crippen molar-refractivity contribution in [3.05, 3.63) is 42.2 Å². The summed E-state index contributed by atoms with van der Waals surface area (Å²) in [5.74, 6) is 1.28. The summed E-state index contributed by atoms with van der Waals surface area (Å²) in [4.78, 5) is 8.74. The number of pyridine rings is 1. The SMILES string of the molecule is COC(F)F.COc1ccnc(CS(=O)c2nc3ccccc3n2C)c1OC.[3H]P=N. The zero-order valence-electron chi connectivity index (χ0n) is 17.8. The number of imidazole rings is 1. The number of aromatic nitrogens is 3. The van der Waals surface area contributed by atoms with Gasteiger partial charge in [0.05, 0.1) is 47.5 Å². The van der Waals surface area contributed by atoms with Crippen LogP contribution in [0.2, 0.25) is 0 Å². The van der Waals surface area contributed by atoms with Gasteiger partial charge in [-0.05, 0) is 21.1 Å². The van der Waals surface area contributed by atoms with Crippen LogP contribution in [0.4, 0.5) is 8.78 Å². The molecule has 0 spiro atoms. The van der Waals surface area contributed by atoms with Crippen molar-refractivity contribution in [2.45, 2.75) is 17.5 Å². The average Bonchev–Trinajstić information content (AvgIpc) is 3.11. The van der Waals surface area contributed by atoms with E-state index < -0.39 is 17.4 Å². The van der Waals surface area contributed by atoms with E-state index >= 15 is 0 Å². The van der Waals surface area contributed by atoms with E-state index in [0.717, 1.165) is 18.1 Å². The number of nitrogens with zero attached hydrogens (tertiary/aromatic N) is 3. The van der Waals surface area contributed by atoms with Crippen LogP contribution in [0.3, 0.4) is 0 Å². The summed E-state index contributed by atoms with van der Waals surface area (Å²) < 4.78 is 55.6. The number of hydrogen-bond donors (Lipinski definition) is 1. The van der Waals surface area contributed by atoms with Gasteiger partial charge >= 0.3 is 6.61 Å². The zero-order chi connectivity index (χ0) is 23.4. The van der Waals surface area contributed by atoms with Gasteiger partial charge in [0.25, 0.3) is 0 Å². The molecule has 1 aromatic carbocycles. The largest absolute Gasteiger partial charge is 0.493 e. The lowest BCUT2D eigenvalue weighted by Crippen LogP contribution is -2.07. The second-order valence-electron chi connectivity index (χ2n) is 5.42. The maximum atomic E-state index is 12.8. The topological polar surface area (TPSA) is 99.3 Å². The lowest BCUT2D eigenvalue weighted by atomic mass is 10.3. The van der Waals surface area contributed by atoms with E-state index in [1.54, 1.807) is 26.5 Å². The molecule has 0 aliphatic heterocycles. The Morgan fingerprint density at radius 2 is 1.90 bits per heavy atom. The first-order valence-corrected chi connectivity index (χ1v) is 10.1. The van der Waals surface area contributed by atoms with E-state index in [2.05, 4.69) is 14.7 Å². The van der Waals surface area contributed by atoms with Crippen molar-refractivity contribution in [1.29, 1.82) is 6.44 Å². The smallest absolute Gasteiger partial charge is 0.345 e. The van der Waals surface area contributed by atoms with Crippen molar-refractivity contribution >= 4 is 30.8 Å². The van der Waals surface area contributed by atoms with Crippen molar-refractivity contribution in [3.63, 3.8) is 0 Å². The minimum Gasteiger partial charge on any atom is -0.493 e. The fraction of sp³-hybridized carbons (Fsp3) is 0.333. The van der Waals surface area contributed by atoms with Crippen LogP contribution in [-0.4, -0.2) is 48.0 Å². The number of halogens is 2. The molecule has 0 radical (unpaired) electrons. The summed E-state index contributed by atoms with van der Waals surface area (Å²) in [5, 5.41) is 6.36. The Kier molecular flexibility index (Phi) is 10.3. The van der Waals surface area contributed by atoms with Crippen molar-refractivity contribution in [1.82, 2.24) is 14.5 Å². The molecule has 1 N–H and O–H groups in total. The molecule has 0 saturated heterocycles. The molecule has 0 bridgehead atoms. The molecule has 3 aromatic rings. The van der Waals surface area contributed by atoms with Crippen LogP contribution in [-0.2, 0) is 28.3 Å². The van der Waals surface area contributed by atoms with Crippen LogP contribution < -0.4 is 9.47 Å². The van der Waals surface area contributed by atoms with Crippen LogP contribution in [0.25, 0.3) is 11.0 Å². The monoisotopic (exact) mass is 462 g/mol. The van der Waals surface area contributed by atoms with Gasteiger partial charge in [0, 0.05) is 26.4 Å². The summed E-state index contributed by atoms with van der Waals surface area (Å²) in [6, 6.07) is 9.41. The summed E-state index contributed by atoms with van der Waals surface area (Å²) in [6.45, 7) is -2.62. The third-order valence-electron chi connectivity index (χ3n) is 3.76. The predicted octanol–water partition coefficient (Wildman–Crippen LogP) is 4.04. The Labute approximate surface area is 179 Å². The minimum atomic E-state index is -2.62. The van der Waals surface area contributed by atoms with Crippen LogP contribution in [0.1, 0.15) is 5.69 Å². The third kappa shape index (κ3) is 6.51. The van der Waals surface area contributed by atoms with Gasteiger partial charge in [-0.1, -0.05) is 12.1 Å². The molecular formula is C18H23F2N4O4PS. The number of nitrogens with one attached hydrogen (secondary N) is 1. The Hall–Kier alpha value is -2.49. The highest BCUT2D eigenvalue weighted by Crippen LogP contribution is 2.30. The summed E-state index contributed by atoms with van der Waals surface area (Å²) in [5.41, 5.74) is 2.35. The van der Waals surface area contributed by atoms with Gasteiger partial charge in [-0.3, -0.25) is 14.4 Å². The lowest BCUT2D eigenvalue weighted by molar-refractivity contribution is -0.105. The molecule has 0 aliphatic rings. The first-order chi connectivity index (χ1) is 14.8. The van der Waals surface area contributed by atoms with Gasteiger partial charge in [0.15, 0.2) is 16.7 Å². The number of ether oxygens (including phenoxy) is 3. The van der Waals surface area contributed by atoms with Crippen LogP contribution in [0, 0.1) is 5.16 Å². The molecule has 0 amide bonds. The van der Waals surface area contributed by atoms with E-state index in [4.69, 9.17) is 15.9 Å². The number of benzene rings is 1. The first-order valence-electron chi connectivity index (χ1n) is 8.76. The van der Waals surface area contributed by atoms with Crippen molar-refractivity contribution < 1.29 is 27.2 Å². The highest BCUT2D eigenvalue weighted by molar-refractivity contribution is 7.84. The Morgan fingerprint density at radius 3 is 2.43 bits per heavy atom. The van der Waals surface area contributed by atoms with Crippen LogP contribution >= 0.6 is 8.98 Å². The molecule has 2 aromatic heterocycles. The van der Waals surface area contributed by atoms with E-state index in [-0.39, 0.29) is 14.7 Å². The normalized spacial score (nSPS) is 11.8. The number of hydrogen-bond acceptors (Lipinski definition) is 7. The van der Waals surface area contributed by atoms with E-state index in [1.807, 2.05) is 35.9 Å². The Balaban J connectivity index is 0.000000519. The number of alkyl halides is 2. The van der Waals surface area contributed by atoms with Gasteiger partial charge in [0.1, 0.15) is 1.28 Å². The van der Waals surface area contributed by atoms with Crippen LogP contribution in [0.5, 0.6) is 11.5 Å². The Bertz CT molecular complexity index is 1010. The number of fused-ring (bicyclic) bond motifs is 1. The van der Waals surface area contributed by atoms with Crippen molar-refractivity contribution in [3.8, 4) is 11.5 Å². The third-order valence-corrected chi connectivity index (χ3v) is 5.07. The molecule has 0 aliphatic carbocycles. The maximum Gasteiger partial charge on any atom is 0.345 e. The number of rotatable bonds is 6. The van der Waals surface area contributed by atoms with Gasteiger partial charge in [0.2, 0.25) is 0 Å². The fourth-order valence-corrected chi connectivity index (χ4v) is 3.66. The molecule has 2 heterocycles. The first kappa shape index (κ1) is 23.8. The quantitative estimate of drug-likeness (QED) is 0.555. The molecule has 164 valence electrons. The predicted molar refractivity (Wildman–Crippen MR) is 112 cm³/mol. The molecular weight excluding hydrogens is 437 g/mol. The average molecular weight is 462 g/mol. The molecule has 12 heteroatoms. The standard InChI is InChI=1S/C16H17N3O3S.C2H4F2O.H2NP/c1-19-13-7-5-4-6-11(13)18-16(19)23(20)10-12-15(22-3)14(21-2)8-9-17-12;1-5-2(3)4;1-2/h4-9H,10H2,1-3H3;2H,1H3;1-2H/i;;2T. The molecule has 0 saturated carbocycles. The molecule has 0 fully saturated rings. The van der Waals surface area contributed by atoms with Crippen molar-refractivity contribution in [2.75, 3.05) is 21.3 Å². The van der Waals surface area contributed by atoms with E-state index in [1.165, 1.54) is 0 Å². The maximum absolute atomic E-state index is 12.8. The van der Waals surface area contributed by atoms with Crippen molar-refractivity contribution in [2.24, 2.45) is 7.05 Å². The minimum absolute atomic E-state index is 0.0833. The molecule has 1 unspecified atom stereocenters. The molecule has 30 heavy (non-hydrogen) atoms. The highest BCUT2D eigenvalue weighted by Gasteiger charge is 2.19. The second-order valence-corrected chi connectivity index (χ2v) is 6.77. The zero-order valence-corrected chi connectivity index (χ0v) is 18.5. The van der Waals surface area contributed by atoms with Gasteiger partial charge in [-0.2, -0.15) is 8.78 Å². The summed E-state index contributed by atoms with van der Waals surface area (Å²) in [7, 11) is 4.48. The molecule has 8 nitrogen and oxygen atoms in total. The molecule has 1 atom stereocenters. The fourth-order valence-electron chi connectivity index (χ4n) is 2.47. The number of para-hydroxylation sites is 2. The Morgan fingerprint density at radius 1 is 1.27 bits per heavy atom.